The predicted octanol–water partition coefficient (Wildman–Crippen LogP) is 3.46. The summed E-state index contributed by atoms with van der Waals surface area (Å²) in [5, 5.41) is 10.0. The fraction of sp³-hybridized carbons (Fsp3) is 0.450. The SMILES string of the molecule is O=C(c1cc2ccccc2[nH]1)N1CCC[C@@H]1c1nnc2n1CCCCC2. The first kappa shape index (κ1) is 15.6. The van der Waals surface area contributed by atoms with Gasteiger partial charge < -0.3 is 14.5 Å². The number of aryl methyl sites for hydroxylation is 1. The molecule has 0 unspecified atom stereocenters. The van der Waals surface area contributed by atoms with Gasteiger partial charge in [0.05, 0.1) is 6.04 Å². The van der Waals surface area contributed by atoms with E-state index in [2.05, 4.69) is 19.7 Å². The van der Waals surface area contributed by atoms with E-state index in [0.29, 0.717) is 5.69 Å². The van der Waals surface area contributed by atoms with Crippen molar-refractivity contribution >= 4 is 16.8 Å². The minimum absolute atomic E-state index is 0.0354. The number of nitrogens with zero attached hydrogens (tertiary/aromatic N) is 4. The number of aromatic nitrogens is 4. The molecule has 5 rings (SSSR count). The number of hydrogen-bond donors (Lipinski definition) is 1. The maximum atomic E-state index is 13.2. The molecule has 1 fully saturated rings. The lowest BCUT2D eigenvalue weighted by molar-refractivity contribution is 0.0722. The van der Waals surface area contributed by atoms with Crippen LogP contribution in [0.25, 0.3) is 10.9 Å². The summed E-state index contributed by atoms with van der Waals surface area (Å²) in [6.07, 6.45) is 6.56. The number of amides is 1. The van der Waals surface area contributed by atoms with Gasteiger partial charge >= 0.3 is 0 Å². The van der Waals surface area contributed by atoms with Crippen LogP contribution in [0.1, 0.15) is 60.3 Å². The summed E-state index contributed by atoms with van der Waals surface area (Å²) < 4.78 is 2.27. The average molecular weight is 349 g/mol. The van der Waals surface area contributed by atoms with Gasteiger partial charge in [0.15, 0.2) is 5.82 Å². The van der Waals surface area contributed by atoms with Crippen LogP contribution in [0.15, 0.2) is 30.3 Å². The molecular weight excluding hydrogens is 326 g/mol. The summed E-state index contributed by atoms with van der Waals surface area (Å²) in [5.41, 5.74) is 1.66. The second kappa shape index (κ2) is 6.27. The van der Waals surface area contributed by atoms with Gasteiger partial charge in [-0.25, -0.2) is 0 Å². The normalized spacial score (nSPS) is 20.3. The molecule has 4 heterocycles. The maximum Gasteiger partial charge on any atom is 0.270 e. The molecule has 1 saturated heterocycles. The lowest BCUT2D eigenvalue weighted by atomic mass is 10.2. The molecule has 1 aromatic carbocycles. The van der Waals surface area contributed by atoms with Gasteiger partial charge in [-0.05, 0) is 37.8 Å². The molecule has 2 aliphatic heterocycles. The molecule has 0 spiro atoms. The van der Waals surface area contributed by atoms with Crippen LogP contribution in [-0.4, -0.2) is 37.1 Å². The Morgan fingerprint density at radius 1 is 1.08 bits per heavy atom. The van der Waals surface area contributed by atoms with Crippen LogP contribution in [0.5, 0.6) is 0 Å². The van der Waals surface area contributed by atoms with E-state index in [0.717, 1.165) is 54.9 Å². The van der Waals surface area contributed by atoms with Crippen molar-refractivity contribution in [3.8, 4) is 0 Å². The van der Waals surface area contributed by atoms with Gasteiger partial charge in [-0.3, -0.25) is 4.79 Å². The molecule has 2 aliphatic rings. The second-order valence-electron chi connectivity index (χ2n) is 7.36. The molecule has 0 aliphatic carbocycles. The second-order valence-corrected chi connectivity index (χ2v) is 7.36. The number of nitrogens with one attached hydrogen (secondary N) is 1. The first-order valence-corrected chi connectivity index (χ1v) is 9.62. The monoisotopic (exact) mass is 349 g/mol. The fourth-order valence-electron chi connectivity index (χ4n) is 4.38. The molecule has 1 amide bonds. The first-order valence-electron chi connectivity index (χ1n) is 9.62. The molecule has 1 atom stereocenters. The third-order valence-corrected chi connectivity index (χ3v) is 5.71. The lowest BCUT2D eigenvalue weighted by Crippen LogP contribution is -2.32. The zero-order valence-corrected chi connectivity index (χ0v) is 14.8. The van der Waals surface area contributed by atoms with Crippen molar-refractivity contribution in [2.24, 2.45) is 0 Å². The maximum absolute atomic E-state index is 13.2. The van der Waals surface area contributed by atoms with Gasteiger partial charge in [0.2, 0.25) is 0 Å². The third-order valence-electron chi connectivity index (χ3n) is 5.71. The van der Waals surface area contributed by atoms with E-state index in [9.17, 15) is 4.79 Å². The van der Waals surface area contributed by atoms with Crippen molar-refractivity contribution in [1.82, 2.24) is 24.6 Å². The Kier molecular flexibility index (Phi) is 3.76. The quantitative estimate of drug-likeness (QED) is 0.770. The lowest BCUT2D eigenvalue weighted by Gasteiger charge is -2.24. The number of fused-ring (bicyclic) bond motifs is 2. The highest BCUT2D eigenvalue weighted by molar-refractivity contribution is 5.98. The molecular formula is C20H23N5O. The number of rotatable bonds is 2. The van der Waals surface area contributed by atoms with Crippen molar-refractivity contribution in [3.05, 3.63) is 47.7 Å². The van der Waals surface area contributed by atoms with Crippen LogP contribution in [-0.2, 0) is 13.0 Å². The summed E-state index contributed by atoms with van der Waals surface area (Å²) in [6, 6.07) is 10.0. The van der Waals surface area contributed by atoms with Crippen LogP contribution in [0.3, 0.4) is 0 Å². The third kappa shape index (κ3) is 2.52. The van der Waals surface area contributed by atoms with E-state index in [1.807, 2.05) is 35.2 Å². The molecule has 134 valence electrons. The van der Waals surface area contributed by atoms with Gasteiger partial charge in [-0.1, -0.05) is 24.6 Å². The van der Waals surface area contributed by atoms with Crippen molar-refractivity contribution in [2.45, 2.75) is 51.1 Å². The predicted molar refractivity (Wildman–Crippen MR) is 98.9 cm³/mol. The fourth-order valence-corrected chi connectivity index (χ4v) is 4.38. The highest BCUT2D eigenvalue weighted by Gasteiger charge is 2.35. The number of hydrogen-bond acceptors (Lipinski definition) is 3. The number of carbonyl (C=O) groups is 1. The molecule has 0 bridgehead atoms. The van der Waals surface area contributed by atoms with Crippen LogP contribution < -0.4 is 0 Å². The van der Waals surface area contributed by atoms with Crippen LogP contribution in [0, 0.1) is 0 Å². The Hall–Kier alpha value is -2.63. The Morgan fingerprint density at radius 3 is 2.92 bits per heavy atom. The van der Waals surface area contributed by atoms with Crippen molar-refractivity contribution < 1.29 is 4.79 Å². The average Bonchev–Trinajstić information content (AvgIpc) is 3.35. The number of carbonyl (C=O) groups excluding carboxylic acids is 1. The van der Waals surface area contributed by atoms with Crippen LogP contribution in [0.4, 0.5) is 0 Å². The summed E-state index contributed by atoms with van der Waals surface area (Å²) in [6.45, 7) is 1.75. The standard InChI is InChI=1S/C20H23N5O/c26-20(16-13-14-7-3-4-8-15(14)21-16)24-12-6-9-17(24)19-23-22-18-10-2-1-5-11-25(18)19/h3-4,7-8,13,17,21H,1-2,5-6,9-12H2/t17-/m1/s1. The Labute approximate surface area is 152 Å². The topological polar surface area (TPSA) is 66.8 Å². The van der Waals surface area contributed by atoms with E-state index in [1.54, 1.807) is 0 Å². The van der Waals surface area contributed by atoms with Gasteiger partial charge in [0.25, 0.3) is 5.91 Å². The molecule has 0 saturated carbocycles. The van der Waals surface area contributed by atoms with Crippen molar-refractivity contribution in [3.63, 3.8) is 0 Å². The molecule has 6 heteroatoms. The van der Waals surface area contributed by atoms with E-state index in [-0.39, 0.29) is 11.9 Å². The molecule has 2 aromatic heterocycles. The van der Waals surface area contributed by atoms with Crippen molar-refractivity contribution in [2.75, 3.05) is 6.54 Å². The summed E-state index contributed by atoms with van der Waals surface area (Å²) in [4.78, 5) is 18.5. The number of likely N-dealkylation sites (tertiary alicyclic amines) is 1. The number of H-pyrrole nitrogens is 1. The molecule has 6 nitrogen and oxygen atoms in total. The Morgan fingerprint density at radius 2 is 2.00 bits per heavy atom. The summed E-state index contributed by atoms with van der Waals surface area (Å²) in [5.74, 6) is 2.13. The molecule has 0 radical (unpaired) electrons. The van der Waals surface area contributed by atoms with Crippen molar-refractivity contribution in [1.29, 1.82) is 0 Å². The minimum atomic E-state index is 0.0354. The number of aromatic amines is 1. The van der Waals surface area contributed by atoms with E-state index in [1.165, 1.54) is 19.3 Å². The largest absolute Gasteiger partial charge is 0.351 e. The molecule has 26 heavy (non-hydrogen) atoms. The summed E-state index contributed by atoms with van der Waals surface area (Å²) in [7, 11) is 0. The molecule has 1 N–H and O–H groups in total. The van der Waals surface area contributed by atoms with Gasteiger partial charge in [-0.2, -0.15) is 0 Å². The number of para-hydroxylation sites is 1. The number of benzene rings is 1. The highest BCUT2D eigenvalue weighted by Crippen LogP contribution is 2.33. The van der Waals surface area contributed by atoms with E-state index in [4.69, 9.17) is 0 Å². The zero-order valence-electron chi connectivity index (χ0n) is 14.8. The van der Waals surface area contributed by atoms with Crippen LogP contribution >= 0.6 is 0 Å². The summed E-state index contributed by atoms with van der Waals surface area (Å²) >= 11 is 0. The van der Waals surface area contributed by atoms with Gasteiger partial charge in [0.1, 0.15) is 11.5 Å². The van der Waals surface area contributed by atoms with E-state index < -0.39 is 0 Å². The Balaban J connectivity index is 1.47. The minimum Gasteiger partial charge on any atom is -0.351 e. The van der Waals surface area contributed by atoms with E-state index >= 15 is 0 Å². The Bertz CT molecular complexity index is 923. The highest BCUT2D eigenvalue weighted by atomic mass is 16.2. The zero-order chi connectivity index (χ0) is 17.5. The van der Waals surface area contributed by atoms with Gasteiger partial charge in [-0.15, -0.1) is 10.2 Å². The van der Waals surface area contributed by atoms with Crippen LogP contribution in [0.2, 0.25) is 0 Å². The smallest absolute Gasteiger partial charge is 0.270 e. The van der Waals surface area contributed by atoms with Gasteiger partial charge in [0, 0.05) is 30.4 Å². The molecule has 3 aromatic rings. The first-order chi connectivity index (χ1) is 12.8.